The first-order valence-electron chi connectivity index (χ1n) is 18.4. The van der Waals surface area contributed by atoms with Crippen LogP contribution in [-0.2, 0) is 9.13 Å². The lowest BCUT2D eigenvalue weighted by molar-refractivity contribution is 0.497. The molecule has 2 unspecified atom stereocenters. The average molecular weight is 791 g/mol. The summed E-state index contributed by atoms with van der Waals surface area (Å²) in [5.41, 5.74) is 8.82. The third kappa shape index (κ3) is 6.89. The van der Waals surface area contributed by atoms with E-state index in [1.54, 1.807) is 72.8 Å². The maximum absolute atomic E-state index is 15.0. The van der Waals surface area contributed by atoms with Crippen molar-refractivity contribution in [2.45, 2.75) is 0 Å². The normalized spacial score (nSPS) is 17.7. The monoisotopic (exact) mass is 790 g/mol. The van der Waals surface area contributed by atoms with Crippen LogP contribution in [0, 0.1) is 22.7 Å². The number of hydrogen-bond donors (Lipinski definition) is 2. The van der Waals surface area contributed by atoms with Crippen LogP contribution in [0.2, 0.25) is 0 Å². The maximum atomic E-state index is 15.0. The molecule has 10 heteroatoms. The van der Waals surface area contributed by atoms with Crippen LogP contribution in [0.25, 0.3) is 45.0 Å². The van der Waals surface area contributed by atoms with Crippen LogP contribution in [0.4, 0.5) is 11.4 Å². The molecule has 0 radical (unpaired) electrons. The van der Waals surface area contributed by atoms with Crippen LogP contribution < -0.4 is 19.2 Å². The van der Waals surface area contributed by atoms with Gasteiger partial charge in [-0.1, -0.05) is 121 Å². The van der Waals surface area contributed by atoms with E-state index < -0.39 is 15.0 Å². The van der Waals surface area contributed by atoms with Gasteiger partial charge in [-0.2, -0.15) is 10.5 Å². The quantitative estimate of drug-likeness (QED) is 0.146. The van der Waals surface area contributed by atoms with E-state index in [2.05, 4.69) is 22.3 Å². The number of para-hydroxylation sites is 4. The summed E-state index contributed by atoms with van der Waals surface area (Å²) in [6, 6.07) is 56.2. The van der Waals surface area contributed by atoms with Gasteiger partial charge in [0, 0.05) is 11.1 Å². The van der Waals surface area contributed by atoms with Crippen LogP contribution in [0.1, 0.15) is 33.4 Å². The van der Waals surface area contributed by atoms with Gasteiger partial charge < -0.3 is 19.2 Å². The largest absolute Gasteiger partial charge is 0.426 e. The van der Waals surface area contributed by atoms with Crippen molar-refractivity contribution in [3.05, 3.63) is 203 Å². The Kier molecular flexibility index (Phi) is 9.36. The highest BCUT2D eigenvalue weighted by atomic mass is 31.2. The van der Waals surface area contributed by atoms with Crippen molar-refractivity contribution >= 4 is 49.2 Å². The zero-order chi connectivity index (χ0) is 39.7. The Bertz CT molecular complexity index is 2750. The Morgan fingerprint density at radius 1 is 0.414 bits per heavy atom. The van der Waals surface area contributed by atoms with Crippen LogP contribution in [0.15, 0.2) is 170 Å². The van der Waals surface area contributed by atoms with Crippen LogP contribution in [0.5, 0.6) is 11.5 Å². The van der Waals surface area contributed by atoms with Gasteiger partial charge in [0.1, 0.15) is 11.5 Å². The highest BCUT2D eigenvalue weighted by Gasteiger charge is 2.38. The molecule has 0 saturated carbocycles. The lowest BCUT2D eigenvalue weighted by Gasteiger charge is -2.30. The molecule has 278 valence electrons. The molecule has 0 bridgehead atoms. The van der Waals surface area contributed by atoms with Crippen molar-refractivity contribution in [1.29, 1.82) is 10.5 Å². The molecule has 0 amide bonds. The molecule has 0 aromatic heterocycles. The van der Waals surface area contributed by atoms with E-state index in [0.29, 0.717) is 55.8 Å². The topological polar surface area (TPSA) is 124 Å². The molecular formula is C48H32N4O4P2. The molecule has 0 fully saturated rings. The maximum Gasteiger partial charge on any atom is 0.372 e. The Balaban J connectivity index is 1.09. The number of nitriles is 2. The smallest absolute Gasteiger partial charge is 0.372 e. The molecule has 2 aliphatic rings. The molecule has 2 aliphatic heterocycles. The fraction of sp³-hybridized carbons (Fsp3) is 0. The molecule has 2 atom stereocenters. The molecule has 7 aromatic rings. The van der Waals surface area contributed by atoms with Crippen molar-refractivity contribution < 1.29 is 18.2 Å². The van der Waals surface area contributed by atoms with Crippen molar-refractivity contribution in [1.82, 2.24) is 0 Å². The number of nitrogens with one attached hydrogen (secondary N) is 2. The van der Waals surface area contributed by atoms with Crippen molar-refractivity contribution in [3.63, 3.8) is 0 Å². The van der Waals surface area contributed by atoms with Gasteiger partial charge in [0.2, 0.25) is 0 Å². The number of fused-ring (bicyclic) bond motifs is 2. The first-order valence-corrected chi connectivity index (χ1v) is 21.7. The summed E-state index contributed by atoms with van der Waals surface area (Å²) in [5, 5.41) is 26.4. The summed E-state index contributed by atoms with van der Waals surface area (Å²) in [4.78, 5) is 0. The first kappa shape index (κ1) is 36.3. The Labute approximate surface area is 336 Å². The predicted octanol–water partition coefficient (Wildman–Crippen LogP) is 13.2. The molecule has 7 aromatic carbocycles. The highest BCUT2D eigenvalue weighted by Crippen LogP contribution is 2.64. The van der Waals surface area contributed by atoms with E-state index in [-0.39, 0.29) is 0 Å². The van der Waals surface area contributed by atoms with E-state index in [4.69, 9.17) is 9.05 Å². The lowest BCUT2D eigenvalue weighted by atomic mass is 9.95. The highest BCUT2D eigenvalue weighted by molar-refractivity contribution is 7.72. The number of anilines is 2. The van der Waals surface area contributed by atoms with Crippen LogP contribution in [0.3, 0.4) is 0 Å². The minimum atomic E-state index is -3.75. The Hall–Kier alpha value is -7.34. The molecule has 2 heterocycles. The van der Waals surface area contributed by atoms with Crippen LogP contribution in [-0.4, -0.2) is 0 Å². The van der Waals surface area contributed by atoms with E-state index in [1.807, 2.05) is 109 Å². The van der Waals surface area contributed by atoms with Gasteiger partial charge in [0.25, 0.3) is 0 Å². The molecule has 0 aliphatic carbocycles. The third-order valence-corrected chi connectivity index (χ3v) is 14.0. The number of benzene rings is 7. The Morgan fingerprint density at radius 2 is 0.776 bits per heavy atom. The first-order chi connectivity index (χ1) is 28.3. The number of nitrogens with zero attached hydrogens (tertiary/aromatic N) is 2. The molecule has 0 saturated heterocycles. The summed E-state index contributed by atoms with van der Waals surface area (Å²) in [7, 11) is -7.50. The summed E-state index contributed by atoms with van der Waals surface area (Å²) >= 11 is 0. The fourth-order valence-corrected chi connectivity index (χ4v) is 11.2. The van der Waals surface area contributed by atoms with Crippen molar-refractivity contribution in [2.75, 3.05) is 10.2 Å². The minimum absolute atomic E-state index is 0.459. The second kappa shape index (κ2) is 15.0. The lowest BCUT2D eigenvalue weighted by Crippen LogP contribution is -2.12. The van der Waals surface area contributed by atoms with Gasteiger partial charge in [-0.15, -0.1) is 0 Å². The van der Waals surface area contributed by atoms with Gasteiger partial charge in [-0.25, -0.2) is 9.13 Å². The van der Waals surface area contributed by atoms with Gasteiger partial charge in [0.05, 0.1) is 45.3 Å². The molecule has 2 N–H and O–H groups in total. The molecule has 9 rings (SSSR count). The van der Waals surface area contributed by atoms with E-state index in [0.717, 1.165) is 33.4 Å². The molecule has 0 spiro atoms. The van der Waals surface area contributed by atoms with E-state index in [1.165, 1.54) is 0 Å². The zero-order valence-corrected chi connectivity index (χ0v) is 32.5. The van der Waals surface area contributed by atoms with Gasteiger partial charge in [0.15, 0.2) is 0 Å². The van der Waals surface area contributed by atoms with Crippen LogP contribution >= 0.6 is 15.0 Å². The van der Waals surface area contributed by atoms with Crippen molar-refractivity contribution in [3.8, 4) is 45.9 Å². The third-order valence-electron chi connectivity index (χ3n) is 10.0. The predicted molar refractivity (Wildman–Crippen MR) is 232 cm³/mol. The zero-order valence-electron chi connectivity index (χ0n) is 30.7. The molecule has 8 nitrogen and oxygen atoms in total. The number of hydrogen-bond acceptors (Lipinski definition) is 6. The minimum Gasteiger partial charge on any atom is -0.426 e. The standard InChI is InChI=1S/C48H32N4O4P2/c49-31-33-17-21-37(22-18-33)45-29-39-9-7-15-43(47(39)51-57(45,53)55-41-11-3-1-4-12-41)35-25-27-36(28-26-35)44-16-8-10-40-30-46(38-23-19-34(32-50)20-24-38)58(54,52-48(40)44)56-42-13-5-2-6-14-42/h1-30H,(H,51,53)(H,52,54). The van der Waals surface area contributed by atoms with Gasteiger partial charge >= 0.3 is 15.0 Å². The molecule has 58 heavy (non-hydrogen) atoms. The number of rotatable bonds is 8. The van der Waals surface area contributed by atoms with Crippen molar-refractivity contribution in [2.24, 2.45) is 0 Å². The second-order valence-electron chi connectivity index (χ2n) is 13.7. The fourth-order valence-electron chi connectivity index (χ4n) is 7.16. The molecular weight excluding hydrogens is 758 g/mol. The summed E-state index contributed by atoms with van der Waals surface area (Å²) in [6.07, 6.45) is 3.79. The SMILES string of the molecule is N#Cc1ccc(C2=Cc3cccc(-c4ccc(-c5cccc6c5NP(=O)(Oc5ccccc5)C(c5ccc(C#N)cc5)=C6)cc4)c3NP2(=O)Oc2ccccc2)cc1. The van der Waals surface area contributed by atoms with Gasteiger partial charge in [-0.3, -0.25) is 0 Å². The van der Waals surface area contributed by atoms with E-state index >= 15 is 0 Å². The Morgan fingerprint density at radius 3 is 1.14 bits per heavy atom. The van der Waals surface area contributed by atoms with Gasteiger partial charge in [-0.05, 0) is 94.1 Å². The average Bonchev–Trinajstić information content (AvgIpc) is 3.26. The second-order valence-corrected chi connectivity index (χ2v) is 17.7. The summed E-state index contributed by atoms with van der Waals surface area (Å²) in [6.45, 7) is 0. The van der Waals surface area contributed by atoms with E-state index in [9.17, 15) is 19.7 Å². The summed E-state index contributed by atoms with van der Waals surface area (Å²) < 4.78 is 42.6. The summed E-state index contributed by atoms with van der Waals surface area (Å²) in [5.74, 6) is 0.918.